The lowest BCUT2D eigenvalue weighted by Gasteiger charge is -2.37. The summed E-state index contributed by atoms with van der Waals surface area (Å²) in [5.41, 5.74) is 0.855. The molecule has 0 saturated carbocycles. The Hall–Kier alpha value is -1.24. The summed E-state index contributed by atoms with van der Waals surface area (Å²) in [5.74, 6) is -0.207. The summed E-state index contributed by atoms with van der Waals surface area (Å²) in [6.07, 6.45) is 0. The van der Waals surface area contributed by atoms with Gasteiger partial charge in [0.05, 0.1) is 10.2 Å². The van der Waals surface area contributed by atoms with E-state index in [1.165, 1.54) is 17.4 Å². The van der Waals surface area contributed by atoms with Gasteiger partial charge in [0.15, 0.2) is 5.13 Å². The van der Waals surface area contributed by atoms with Crippen LogP contribution in [0, 0.1) is 5.82 Å². The zero-order chi connectivity index (χ0) is 14.1. The molecule has 0 spiro atoms. The zero-order valence-corrected chi connectivity index (χ0v) is 12.6. The van der Waals surface area contributed by atoms with Crippen molar-refractivity contribution in [2.45, 2.75) is 6.04 Å². The van der Waals surface area contributed by atoms with Gasteiger partial charge in [-0.1, -0.05) is 11.3 Å². The number of nitrogens with zero attached hydrogens (tertiary/aromatic N) is 3. The zero-order valence-electron chi connectivity index (χ0n) is 11.8. The number of benzene rings is 1. The van der Waals surface area contributed by atoms with Crippen molar-refractivity contribution < 1.29 is 4.39 Å². The highest BCUT2D eigenvalue weighted by molar-refractivity contribution is 7.22. The van der Waals surface area contributed by atoms with Crippen molar-refractivity contribution in [3.63, 3.8) is 0 Å². The Balaban J connectivity index is 1.67. The minimum Gasteiger partial charge on any atom is -0.360 e. The summed E-state index contributed by atoms with van der Waals surface area (Å²) in [6.45, 7) is 4.13. The fraction of sp³-hybridized carbons (Fsp3) is 0.500. The van der Waals surface area contributed by atoms with Crippen molar-refractivity contribution in [1.29, 1.82) is 0 Å². The number of likely N-dealkylation sites (N-methyl/N-ethyl adjacent to an activating group) is 2. The second kappa shape index (κ2) is 5.63. The van der Waals surface area contributed by atoms with Crippen molar-refractivity contribution >= 4 is 26.7 Å². The molecule has 0 radical (unpaired) electrons. The van der Waals surface area contributed by atoms with Crippen LogP contribution in [0.1, 0.15) is 0 Å². The fourth-order valence-electron chi connectivity index (χ4n) is 2.50. The van der Waals surface area contributed by atoms with Crippen LogP contribution in [-0.2, 0) is 0 Å². The highest BCUT2D eigenvalue weighted by atomic mass is 32.1. The maximum atomic E-state index is 13.2. The van der Waals surface area contributed by atoms with E-state index in [1.54, 1.807) is 12.1 Å². The Morgan fingerprint density at radius 2 is 2.25 bits per heavy atom. The molecule has 108 valence electrons. The maximum Gasteiger partial charge on any atom is 0.183 e. The number of anilines is 1. The topological polar surface area (TPSA) is 31.4 Å². The molecule has 6 heteroatoms. The van der Waals surface area contributed by atoms with E-state index < -0.39 is 0 Å². The Morgan fingerprint density at radius 1 is 1.40 bits per heavy atom. The SMILES string of the molecule is CN1CCN(C)C(CNc2nc3ccc(F)cc3s2)C1. The van der Waals surface area contributed by atoms with Gasteiger partial charge in [-0.05, 0) is 32.3 Å². The van der Waals surface area contributed by atoms with Crippen LogP contribution in [0.25, 0.3) is 10.2 Å². The number of hydrogen-bond donors (Lipinski definition) is 1. The minimum absolute atomic E-state index is 0.207. The molecule has 2 heterocycles. The molecule has 0 aliphatic carbocycles. The first-order chi connectivity index (χ1) is 9.61. The lowest BCUT2D eigenvalue weighted by Crippen LogP contribution is -2.52. The van der Waals surface area contributed by atoms with Crippen molar-refractivity contribution in [2.75, 3.05) is 45.6 Å². The molecule has 1 aliphatic rings. The molecule has 1 aromatic heterocycles. The van der Waals surface area contributed by atoms with Gasteiger partial charge in [-0.25, -0.2) is 9.37 Å². The number of nitrogens with one attached hydrogen (secondary N) is 1. The Labute approximate surface area is 122 Å². The molecule has 2 aromatic rings. The summed E-state index contributed by atoms with van der Waals surface area (Å²) < 4.78 is 14.1. The number of aromatic nitrogens is 1. The molecule has 1 fully saturated rings. The maximum absolute atomic E-state index is 13.2. The molecule has 0 amide bonds. The minimum atomic E-state index is -0.207. The van der Waals surface area contributed by atoms with Crippen LogP contribution in [0.3, 0.4) is 0 Å². The van der Waals surface area contributed by atoms with Crippen LogP contribution in [0.2, 0.25) is 0 Å². The molecule has 0 bridgehead atoms. The third-order valence-corrected chi connectivity index (χ3v) is 4.80. The van der Waals surface area contributed by atoms with Gasteiger partial charge in [0, 0.05) is 32.2 Å². The molecule has 1 atom stereocenters. The van der Waals surface area contributed by atoms with Crippen molar-refractivity contribution in [2.24, 2.45) is 0 Å². The van der Waals surface area contributed by atoms with E-state index in [1.807, 2.05) is 0 Å². The largest absolute Gasteiger partial charge is 0.360 e. The summed E-state index contributed by atoms with van der Waals surface area (Å²) in [7, 11) is 4.31. The number of piperazine rings is 1. The monoisotopic (exact) mass is 294 g/mol. The van der Waals surface area contributed by atoms with Gasteiger partial charge >= 0.3 is 0 Å². The lowest BCUT2D eigenvalue weighted by atomic mass is 10.2. The van der Waals surface area contributed by atoms with E-state index in [0.29, 0.717) is 6.04 Å². The Kier molecular flexibility index (Phi) is 3.87. The molecule has 3 rings (SSSR count). The lowest BCUT2D eigenvalue weighted by molar-refractivity contribution is 0.122. The van der Waals surface area contributed by atoms with E-state index in [0.717, 1.165) is 41.5 Å². The molecular weight excluding hydrogens is 275 g/mol. The normalized spacial score (nSPS) is 21.4. The van der Waals surface area contributed by atoms with E-state index >= 15 is 0 Å². The predicted octanol–water partition coefficient (Wildman–Crippen LogP) is 2.09. The highest BCUT2D eigenvalue weighted by Crippen LogP contribution is 2.26. The van der Waals surface area contributed by atoms with E-state index in [2.05, 4.69) is 34.2 Å². The number of thiazole rings is 1. The van der Waals surface area contributed by atoms with E-state index in [4.69, 9.17) is 0 Å². The second-order valence-corrected chi connectivity index (χ2v) is 6.44. The Bertz CT molecular complexity index is 600. The van der Waals surface area contributed by atoms with Crippen LogP contribution in [0.5, 0.6) is 0 Å². The summed E-state index contributed by atoms with van der Waals surface area (Å²) in [5, 5.41) is 4.26. The highest BCUT2D eigenvalue weighted by Gasteiger charge is 2.22. The van der Waals surface area contributed by atoms with Gasteiger partial charge in [0.2, 0.25) is 0 Å². The first-order valence-corrected chi connectivity index (χ1v) is 7.62. The van der Waals surface area contributed by atoms with Gasteiger partial charge in [0.1, 0.15) is 5.82 Å². The fourth-order valence-corrected chi connectivity index (χ4v) is 3.40. The van der Waals surface area contributed by atoms with E-state index in [9.17, 15) is 4.39 Å². The van der Waals surface area contributed by atoms with Crippen LogP contribution in [0.15, 0.2) is 18.2 Å². The number of halogens is 1. The molecule has 4 nitrogen and oxygen atoms in total. The first-order valence-electron chi connectivity index (χ1n) is 6.80. The molecule has 1 aliphatic heterocycles. The standard InChI is InChI=1S/C14H19FN4S/c1-18-5-6-19(2)11(9-18)8-16-14-17-12-4-3-10(15)7-13(12)20-14/h3-4,7,11H,5-6,8-9H2,1-2H3,(H,16,17). The van der Waals surface area contributed by atoms with Crippen LogP contribution < -0.4 is 5.32 Å². The summed E-state index contributed by atoms with van der Waals surface area (Å²) in [6, 6.07) is 5.21. The first kappa shape index (κ1) is 13.7. The average molecular weight is 294 g/mol. The molecule has 1 aromatic carbocycles. The third kappa shape index (κ3) is 2.92. The van der Waals surface area contributed by atoms with Gasteiger partial charge in [0.25, 0.3) is 0 Å². The van der Waals surface area contributed by atoms with Gasteiger partial charge in [-0.3, -0.25) is 4.90 Å². The summed E-state index contributed by atoms with van der Waals surface area (Å²) >= 11 is 1.51. The van der Waals surface area contributed by atoms with Crippen molar-refractivity contribution in [3.05, 3.63) is 24.0 Å². The van der Waals surface area contributed by atoms with Crippen LogP contribution in [0.4, 0.5) is 9.52 Å². The van der Waals surface area contributed by atoms with Crippen molar-refractivity contribution in [3.8, 4) is 0 Å². The molecule has 20 heavy (non-hydrogen) atoms. The Morgan fingerprint density at radius 3 is 3.10 bits per heavy atom. The third-order valence-electron chi connectivity index (χ3n) is 3.82. The quantitative estimate of drug-likeness (QED) is 0.939. The molecular formula is C14H19FN4S. The molecule has 1 saturated heterocycles. The smallest absolute Gasteiger partial charge is 0.183 e. The predicted molar refractivity (Wildman–Crippen MR) is 82.0 cm³/mol. The van der Waals surface area contributed by atoms with Gasteiger partial charge in [-0.15, -0.1) is 0 Å². The number of fused-ring (bicyclic) bond motifs is 1. The molecule has 1 unspecified atom stereocenters. The van der Waals surface area contributed by atoms with Gasteiger partial charge < -0.3 is 10.2 Å². The number of rotatable bonds is 3. The van der Waals surface area contributed by atoms with Crippen LogP contribution >= 0.6 is 11.3 Å². The van der Waals surface area contributed by atoms with Crippen LogP contribution in [-0.4, -0.2) is 61.1 Å². The second-order valence-electron chi connectivity index (χ2n) is 5.41. The van der Waals surface area contributed by atoms with Crippen molar-refractivity contribution in [1.82, 2.24) is 14.8 Å². The van der Waals surface area contributed by atoms with Gasteiger partial charge in [-0.2, -0.15) is 0 Å². The number of hydrogen-bond acceptors (Lipinski definition) is 5. The van der Waals surface area contributed by atoms with E-state index in [-0.39, 0.29) is 5.82 Å². The summed E-state index contributed by atoms with van der Waals surface area (Å²) in [4.78, 5) is 9.21. The average Bonchev–Trinajstić information content (AvgIpc) is 2.81. The molecule has 1 N–H and O–H groups in total.